The zero-order valence-corrected chi connectivity index (χ0v) is 24.6. The molecule has 0 bridgehead atoms. The molecule has 0 saturated carbocycles. The number of nitrogens with one attached hydrogen (secondary N) is 3. The number of aryl methyl sites for hydroxylation is 1. The van der Waals surface area contributed by atoms with Crippen LogP contribution in [0.1, 0.15) is 61.6 Å². The maximum absolute atomic E-state index is 13.4. The van der Waals surface area contributed by atoms with E-state index in [4.69, 9.17) is 4.74 Å². The Balaban J connectivity index is 1.64. The number of amides is 2. The summed E-state index contributed by atoms with van der Waals surface area (Å²) < 4.78 is 73.2. The van der Waals surface area contributed by atoms with Crippen LogP contribution in [0.25, 0.3) is 11.3 Å². The molecule has 3 N–H and O–H groups in total. The number of nitrogens with zero attached hydrogens (tertiary/aromatic N) is 1. The zero-order chi connectivity index (χ0) is 31.3. The normalized spacial score (nSPS) is 12.9. The number of carbonyl (C=O) groups excluding carboxylic acids is 2. The van der Waals surface area contributed by atoms with Crippen molar-refractivity contribution in [1.82, 2.24) is 19.7 Å². The predicted octanol–water partition coefficient (Wildman–Crippen LogP) is 5.35. The summed E-state index contributed by atoms with van der Waals surface area (Å²) in [7, 11) is -4.17. The summed E-state index contributed by atoms with van der Waals surface area (Å²) in [6, 6.07) is 15.7. The Morgan fingerprint density at radius 1 is 0.976 bits per heavy atom. The predicted molar refractivity (Wildman–Crippen MR) is 151 cm³/mol. The highest BCUT2D eigenvalue weighted by Crippen LogP contribution is 2.31. The van der Waals surface area contributed by atoms with Gasteiger partial charge in [-0.15, -0.1) is 0 Å². The Bertz CT molecular complexity index is 1540. The van der Waals surface area contributed by atoms with E-state index in [9.17, 15) is 31.2 Å². The minimum Gasteiger partial charge on any atom is -0.443 e. The molecule has 0 radical (unpaired) electrons. The summed E-state index contributed by atoms with van der Waals surface area (Å²) in [6.07, 6.45) is -5.72. The number of ether oxygens (including phenoxy) is 1. The van der Waals surface area contributed by atoms with Gasteiger partial charge in [0.05, 0.1) is 11.6 Å². The van der Waals surface area contributed by atoms with Crippen molar-refractivity contribution in [1.29, 1.82) is 0 Å². The van der Waals surface area contributed by atoms with Crippen LogP contribution < -0.4 is 14.8 Å². The number of benzene rings is 2. The number of alkyl halides is 3. The van der Waals surface area contributed by atoms with Crippen molar-refractivity contribution in [3.05, 3.63) is 88.6 Å². The lowest BCUT2D eigenvalue weighted by molar-refractivity contribution is -0.141. The highest BCUT2D eigenvalue weighted by molar-refractivity contribution is 7.88. The first kappa shape index (κ1) is 32.5. The molecular formula is C29H33F3N4O5S. The summed E-state index contributed by atoms with van der Waals surface area (Å²) in [5.41, 5.74) is 1.24. The van der Waals surface area contributed by atoms with Crippen LogP contribution in [0, 0.1) is 6.92 Å². The largest absolute Gasteiger partial charge is 0.443 e. The number of hydrogen-bond acceptors (Lipinski definition) is 6. The molecule has 0 aliphatic rings. The minimum absolute atomic E-state index is 0.0396. The molecule has 42 heavy (non-hydrogen) atoms. The maximum Gasteiger partial charge on any atom is 0.433 e. The zero-order valence-electron chi connectivity index (χ0n) is 23.8. The van der Waals surface area contributed by atoms with E-state index >= 15 is 0 Å². The standard InChI is InChI=1S/C29H33F3N4O5S/c1-18-7-6-8-22(15-18)25-23(13-14-24(35-25)29(30,31)32)17-33-26(37)19(2)21-11-9-20(10-12-21)16-34-42(39,40)36-27(38)41-28(3,4)5/h6-15,19,34H,16-17H2,1-5H3,(H,33,37)(H,36,38). The molecule has 2 aromatic carbocycles. The Labute approximate surface area is 243 Å². The first-order valence-electron chi connectivity index (χ1n) is 12.9. The van der Waals surface area contributed by atoms with Crippen molar-refractivity contribution in [2.24, 2.45) is 0 Å². The van der Waals surface area contributed by atoms with Crippen LogP contribution in [-0.4, -0.2) is 31.0 Å². The molecule has 1 heterocycles. The van der Waals surface area contributed by atoms with Gasteiger partial charge < -0.3 is 10.1 Å². The average molecular weight is 607 g/mol. The summed E-state index contributed by atoms with van der Waals surface area (Å²) in [6.45, 7) is 8.13. The second kappa shape index (κ2) is 12.9. The van der Waals surface area contributed by atoms with Crippen LogP contribution in [0.3, 0.4) is 0 Å². The Morgan fingerprint density at radius 3 is 2.24 bits per heavy atom. The van der Waals surface area contributed by atoms with Crippen molar-refractivity contribution in [3.8, 4) is 11.3 Å². The maximum atomic E-state index is 13.4. The molecule has 2 amide bonds. The van der Waals surface area contributed by atoms with E-state index in [2.05, 4.69) is 15.0 Å². The van der Waals surface area contributed by atoms with E-state index in [1.807, 2.05) is 13.0 Å². The van der Waals surface area contributed by atoms with E-state index in [1.165, 1.54) is 6.07 Å². The molecule has 13 heteroatoms. The first-order chi connectivity index (χ1) is 19.4. The Kier molecular flexibility index (Phi) is 10.0. The smallest absolute Gasteiger partial charge is 0.433 e. The van der Waals surface area contributed by atoms with Crippen LogP contribution in [0.2, 0.25) is 0 Å². The molecule has 1 aromatic heterocycles. The number of halogens is 3. The van der Waals surface area contributed by atoms with Gasteiger partial charge in [-0.25, -0.2) is 14.5 Å². The molecule has 3 aromatic rings. The van der Waals surface area contributed by atoms with Gasteiger partial charge in [0.25, 0.3) is 0 Å². The van der Waals surface area contributed by atoms with Gasteiger partial charge in [-0.05, 0) is 63.4 Å². The Hall–Kier alpha value is -3.97. The van der Waals surface area contributed by atoms with Crippen LogP contribution in [0.15, 0.2) is 60.7 Å². The van der Waals surface area contributed by atoms with Gasteiger partial charge >= 0.3 is 22.5 Å². The van der Waals surface area contributed by atoms with Gasteiger partial charge in [-0.3, -0.25) is 4.79 Å². The molecular weight excluding hydrogens is 573 g/mol. The summed E-state index contributed by atoms with van der Waals surface area (Å²) in [5.74, 6) is -0.977. The van der Waals surface area contributed by atoms with Crippen LogP contribution in [0.5, 0.6) is 0 Å². The Morgan fingerprint density at radius 2 is 1.64 bits per heavy atom. The summed E-state index contributed by atoms with van der Waals surface area (Å²) >= 11 is 0. The van der Waals surface area contributed by atoms with E-state index < -0.39 is 39.7 Å². The SMILES string of the molecule is Cc1cccc(-c2nc(C(F)(F)F)ccc2CNC(=O)C(C)c2ccc(CNS(=O)(=O)NC(=O)OC(C)(C)C)cc2)c1. The lowest BCUT2D eigenvalue weighted by Gasteiger charge is -2.19. The van der Waals surface area contributed by atoms with Gasteiger partial charge in [0, 0.05) is 18.7 Å². The number of pyridine rings is 1. The topological polar surface area (TPSA) is 126 Å². The second-order valence-electron chi connectivity index (χ2n) is 10.7. The fourth-order valence-electron chi connectivity index (χ4n) is 3.86. The average Bonchev–Trinajstić information content (AvgIpc) is 2.88. The molecule has 1 atom stereocenters. The van der Waals surface area contributed by atoms with Crippen LogP contribution >= 0.6 is 0 Å². The molecule has 0 aliphatic heterocycles. The molecule has 0 aliphatic carbocycles. The van der Waals surface area contributed by atoms with Crippen LogP contribution in [0.4, 0.5) is 18.0 Å². The fourth-order valence-corrected chi connectivity index (χ4v) is 4.55. The number of carbonyl (C=O) groups is 2. The molecule has 3 rings (SSSR count). The number of rotatable bonds is 9. The highest BCUT2D eigenvalue weighted by Gasteiger charge is 2.33. The monoisotopic (exact) mass is 606 g/mol. The van der Waals surface area contributed by atoms with Gasteiger partial charge in [0.1, 0.15) is 11.3 Å². The molecule has 1 unspecified atom stereocenters. The fraction of sp³-hybridized carbons (Fsp3) is 0.345. The third kappa shape index (κ3) is 9.55. The van der Waals surface area contributed by atoms with E-state index in [0.717, 1.165) is 11.6 Å². The number of hydrogen-bond donors (Lipinski definition) is 3. The summed E-state index contributed by atoms with van der Waals surface area (Å²) in [4.78, 5) is 28.5. The molecule has 0 fully saturated rings. The molecule has 0 spiro atoms. The van der Waals surface area contributed by atoms with E-state index in [-0.39, 0.29) is 24.7 Å². The molecule has 9 nitrogen and oxygen atoms in total. The van der Waals surface area contributed by atoms with Crippen molar-refractivity contribution in [3.63, 3.8) is 0 Å². The van der Waals surface area contributed by atoms with E-state index in [1.54, 1.807) is 74.9 Å². The summed E-state index contributed by atoms with van der Waals surface area (Å²) in [5, 5.41) is 2.77. The lowest BCUT2D eigenvalue weighted by Crippen LogP contribution is -2.42. The lowest BCUT2D eigenvalue weighted by atomic mass is 9.98. The quantitative estimate of drug-likeness (QED) is 0.301. The molecule has 0 saturated heterocycles. The van der Waals surface area contributed by atoms with Crippen molar-refractivity contribution in [2.45, 2.75) is 65.4 Å². The van der Waals surface area contributed by atoms with Gasteiger partial charge in [-0.2, -0.15) is 26.3 Å². The second-order valence-corrected chi connectivity index (χ2v) is 12.2. The third-order valence-electron chi connectivity index (χ3n) is 5.97. The van der Waals surface area contributed by atoms with Crippen molar-refractivity contribution in [2.75, 3.05) is 0 Å². The van der Waals surface area contributed by atoms with Crippen LogP contribution in [-0.2, 0) is 39.0 Å². The van der Waals surface area contributed by atoms with Crippen molar-refractivity contribution >= 4 is 22.2 Å². The number of aromatic nitrogens is 1. The first-order valence-corrected chi connectivity index (χ1v) is 14.4. The van der Waals surface area contributed by atoms with Gasteiger partial charge in [-0.1, -0.05) is 54.1 Å². The third-order valence-corrected chi connectivity index (χ3v) is 6.93. The van der Waals surface area contributed by atoms with Crippen molar-refractivity contribution < 1.29 is 35.9 Å². The minimum atomic E-state index is -4.62. The van der Waals surface area contributed by atoms with E-state index in [0.29, 0.717) is 22.3 Å². The van der Waals surface area contributed by atoms with Gasteiger partial charge in [0.2, 0.25) is 5.91 Å². The molecule has 226 valence electrons. The highest BCUT2D eigenvalue weighted by atomic mass is 32.2. The van der Waals surface area contributed by atoms with Gasteiger partial charge in [0.15, 0.2) is 0 Å².